The largest absolute Gasteiger partial charge is 0.306 e. The van der Waals surface area contributed by atoms with Crippen LogP contribution < -0.4 is 0 Å². The van der Waals surface area contributed by atoms with Crippen LogP contribution in [0.25, 0.3) is 0 Å². The van der Waals surface area contributed by atoms with Crippen molar-refractivity contribution in [1.29, 1.82) is 0 Å². The van der Waals surface area contributed by atoms with Crippen molar-refractivity contribution in [1.82, 2.24) is 4.90 Å². The molecule has 0 aliphatic carbocycles. The second-order valence-corrected chi connectivity index (χ2v) is 4.25. The SMILES string of the molecule is CC(=O)C1CCCCN(C)CCC1. The molecule has 0 aromatic rings. The van der Waals surface area contributed by atoms with Crippen molar-refractivity contribution in [3.63, 3.8) is 0 Å². The molecule has 1 fully saturated rings. The van der Waals surface area contributed by atoms with Gasteiger partial charge in [0.2, 0.25) is 0 Å². The van der Waals surface area contributed by atoms with Gasteiger partial charge in [0.1, 0.15) is 5.78 Å². The molecule has 1 rings (SSSR count). The van der Waals surface area contributed by atoms with Gasteiger partial charge >= 0.3 is 0 Å². The number of carbonyl (C=O) groups is 1. The normalized spacial score (nSPS) is 27.4. The molecule has 0 radical (unpaired) electrons. The van der Waals surface area contributed by atoms with E-state index in [2.05, 4.69) is 11.9 Å². The van der Waals surface area contributed by atoms with Crippen LogP contribution in [0.2, 0.25) is 0 Å². The van der Waals surface area contributed by atoms with E-state index in [0.717, 1.165) is 19.4 Å². The minimum Gasteiger partial charge on any atom is -0.306 e. The first-order valence-corrected chi connectivity index (χ1v) is 5.39. The van der Waals surface area contributed by atoms with Crippen LogP contribution in [0, 0.1) is 5.92 Å². The highest BCUT2D eigenvalue weighted by Gasteiger charge is 2.15. The van der Waals surface area contributed by atoms with Crippen LogP contribution in [0.15, 0.2) is 0 Å². The zero-order valence-electron chi connectivity index (χ0n) is 8.88. The third-order valence-corrected chi connectivity index (χ3v) is 3.01. The Bertz CT molecular complexity index is 167. The Morgan fingerprint density at radius 2 is 1.77 bits per heavy atom. The van der Waals surface area contributed by atoms with Crippen LogP contribution in [0.5, 0.6) is 0 Å². The van der Waals surface area contributed by atoms with Crippen molar-refractivity contribution in [2.75, 3.05) is 20.1 Å². The van der Waals surface area contributed by atoms with Crippen molar-refractivity contribution in [2.24, 2.45) is 5.92 Å². The summed E-state index contributed by atoms with van der Waals surface area (Å²) < 4.78 is 0. The second kappa shape index (κ2) is 5.38. The molecule has 1 atom stereocenters. The molecule has 76 valence electrons. The van der Waals surface area contributed by atoms with Crippen LogP contribution >= 0.6 is 0 Å². The molecule has 1 unspecified atom stereocenters. The number of nitrogens with zero attached hydrogens (tertiary/aromatic N) is 1. The van der Waals surface area contributed by atoms with Crippen LogP contribution in [-0.2, 0) is 4.79 Å². The zero-order chi connectivity index (χ0) is 9.68. The van der Waals surface area contributed by atoms with E-state index < -0.39 is 0 Å². The van der Waals surface area contributed by atoms with E-state index in [1.807, 2.05) is 0 Å². The molecule has 0 amide bonds. The first-order chi connectivity index (χ1) is 6.20. The lowest BCUT2D eigenvalue weighted by atomic mass is 9.94. The molecule has 0 saturated carbocycles. The summed E-state index contributed by atoms with van der Waals surface area (Å²) in [5.74, 6) is 0.746. The molecule has 1 heterocycles. The Hall–Kier alpha value is -0.370. The first-order valence-electron chi connectivity index (χ1n) is 5.39. The van der Waals surface area contributed by atoms with E-state index in [9.17, 15) is 4.79 Å². The average Bonchev–Trinajstić information content (AvgIpc) is 2.16. The summed E-state index contributed by atoms with van der Waals surface area (Å²) >= 11 is 0. The molecule has 0 bridgehead atoms. The molecule has 1 aliphatic rings. The first kappa shape index (κ1) is 10.7. The Balaban J connectivity index is 2.38. The van der Waals surface area contributed by atoms with Gasteiger partial charge in [0.05, 0.1) is 0 Å². The average molecular weight is 183 g/mol. The summed E-state index contributed by atoms with van der Waals surface area (Å²) in [6.07, 6.45) is 5.86. The molecule has 2 heteroatoms. The molecule has 0 aromatic heterocycles. The number of hydrogen-bond acceptors (Lipinski definition) is 2. The summed E-state index contributed by atoms with van der Waals surface area (Å²) in [6.45, 7) is 4.10. The van der Waals surface area contributed by atoms with Crippen molar-refractivity contribution in [3.8, 4) is 0 Å². The summed E-state index contributed by atoms with van der Waals surface area (Å²) in [5.41, 5.74) is 0. The number of hydrogen-bond donors (Lipinski definition) is 0. The quantitative estimate of drug-likeness (QED) is 0.620. The fourth-order valence-corrected chi connectivity index (χ4v) is 2.04. The van der Waals surface area contributed by atoms with Crippen molar-refractivity contribution < 1.29 is 4.79 Å². The minimum atomic E-state index is 0.353. The van der Waals surface area contributed by atoms with Gasteiger partial charge in [-0.05, 0) is 52.7 Å². The molecule has 0 spiro atoms. The van der Waals surface area contributed by atoms with Gasteiger partial charge in [-0.25, -0.2) is 0 Å². The summed E-state index contributed by atoms with van der Waals surface area (Å²) in [4.78, 5) is 13.6. The third-order valence-electron chi connectivity index (χ3n) is 3.01. The van der Waals surface area contributed by atoms with E-state index in [-0.39, 0.29) is 0 Å². The topological polar surface area (TPSA) is 20.3 Å². The number of rotatable bonds is 1. The van der Waals surface area contributed by atoms with E-state index >= 15 is 0 Å². The highest BCUT2D eigenvalue weighted by atomic mass is 16.1. The van der Waals surface area contributed by atoms with E-state index in [0.29, 0.717) is 11.7 Å². The van der Waals surface area contributed by atoms with E-state index in [1.54, 1.807) is 6.92 Å². The Morgan fingerprint density at radius 1 is 1.15 bits per heavy atom. The van der Waals surface area contributed by atoms with Crippen LogP contribution in [0.3, 0.4) is 0 Å². The van der Waals surface area contributed by atoms with Gasteiger partial charge in [0.15, 0.2) is 0 Å². The molecule has 0 aromatic carbocycles. The Labute approximate surface area is 81.3 Å². The Morgan fingerprint density at radius 3 is 2.46 bits per heavy atom. The molecule has 13 heavy (non-hydrogen) atoms. The maximum Gasteiger partial charge on any atom is 0.132 e. The number of carbonyl (C=O) groups excluding carboxylic acids is 1. The van der Waals surface area contributed by atoms with Gasteiger partial charge in [-0.15, -0.1) is 0 Å². The molecular weight excluding hydrogens is 162 g/mol. The lowest BCUT2D eigenvalue weighted by Crippen LogP contribution is -2.20. The van der Waals surface area contributed by atoms with Gasteiger partial charge in [-0.1, -0.05) is 6.42 Å². The molecule has 2 nitrogen and oxygen atoms in total. The van der Waals surface area contributed by atoms with Gasteiger partial charge in [0.25, 0.3) is 0 Å². The predicted octanol–water partition coefficient (Wildman–Crippen LogP) is 2.09. The van der Waals surface area contributed by atoms with Gasteiger partial charge in [0, 0.05) is 5.92 Å². The second-order valence-electron chi connectivity index (χ2n) is 4.25. The molecular formula is C11H21NO. The van der Waals surface area contributed by atoms with Gasteiger partial charge in [-0.3, -0.25) is 4.79 Å². The lowest BCUT2D eigenvalue weighted by molar-refractivity contribution is -0.121. The van der Waals surface area contributed by atoms with Crippen LogP contribution in [0.4, 0.5) is 0 Å². The summed E-state index contributed by atoms with van der Waals surface area (Å²) in [7, 11) is 2.17. The standard InChI is InChI=1S/C11H21NO/c1-10(13)11-6-3-4-8-12(2)9-5-7-11/h11H,3-9H2,1-2H3. The van der Waals surface area contributed by atoms with Gasteiger partial charge < -0.3 is 4.90 Å². The maximum absolute atomic E-state index is 11.2. The van der Waals surface area contributed by atoms with Crippen molar-refractivity contribution in [2.45, 2.75) is 39.0 Å². The monoisotopic (exact) mass is 183 g/mol. The lowest BCUT2D eigenvalue weighted by Gasteiger charge is -2.14. The van der Waals surface area contributed by atoms with E-state index in [1.165, 1.54) is 25.8 Å². The predicted molar refractivity (Wildman–Crippen MR) is 54.8 cm³/mol. The maximum atomic E-state index is 11.2. The van der Waals surface area contributed by atoms with Crippen LogP contribution in [-0.4, -0.2) is 30.8 Å². The summed E-state index contributed by atoms with van der Waals surface area (Å²) in [5, 5.41) is 0. The van der Waals surface area contributed by atoms with Crippen molar-refractivity contribution >= 4 is 5.78 Å². The van der Waals surface area contributed by atoms with E-state index in [4.69, 9.17) is 0 Å². The highest BCUT2D eigenvalue weighted by molar-refractivity contribution is 5.78. The zero-order valence-corrected chi connectivity index (χ0v) is 8.88. The fraction of sp³-hybridized carbons (Fsp3) is 0.909. The smallest absolute Gasteiger partial charge is 0.132 e. The van der Waals surface area contributed by atoms with Crippen molar-refractivity contribution in [3.05, 3.63) is 0 Å². The molecule has 1 saturated heterocycles. The molecule has 0 N–H and O–H groups in total. The van der Waals surface area contributed by atoms with Gasteiger partial charge in [-0.2, -0.15) is 0 Å². The third kappa shape index (κ3) is 3.90. The summed E-state index contributed by atoms with van der Waals surface area (Å²) in [6, 6.07) is 0. The number of ketones is 1. The van der Waals surface area contributed by atoms with Crippen LogP contribution in [0.1, 0.15) is 39.0 Å². The fourth-order valence-electron chi connectivity index (χ4n) is 2.04. The molecule has 1 aliphatic heterocycles. The highest BCUT2D eigenvalue weighted by Crippen LogP contribution is 2.18. The number of Topliss-reactive ketones (excluding diaryl/α,β-unsaturated/α-hetero) is 1. The Kier molecular flexibility index (Phi) is 4.43. The minimum absolute atomic E-state index is 0.353.